The molecule has 0 saturated heterocycles. The number of anilines is 1. The molecule has 0 unspecified atom stereocenters. The van der Waals surface area contributed by atoms with E-state index in [2.05, 4.69) is 10.5 Å². The van der Waals surface area contributed by atoms with Gasteiger partial charge >= 0.3 is 0 Å². The van der Waals surface area contributed by atoms with Crippen molar-refractivity contribution in [3.63, 3.8) is 0 Å². The number of carbonyl (C=O) groups is 1. The Hall–Kier alpha value is -3.42. The Bertz CT molecular complexity index is 805. The number of nitrogens with zero attached hydrogens (tertiary/aromatic N) is 2. The first-order valence-electron chi connectivity index (χ1n) is 7.34. The number of nitro benzene ring substituents is 1. The molecule has 0 saturated carbocycles. The maximum atomic E-state index is 11.7. The number of amides is 1. The largest absolute Gasteiger partial charge is 0.496 e. The zero-order chi connectivity index (χ0) is 18.2. The number of hydrogen-bond donors (Lipinski definition) is 1. The van der Waals surface area contributed by atoms with Gasteiger partial charge in [0.2, 0.25) is 0 Å². The maximum absolute atomic E-state index is 11.7. The Kier molecular flexibility index (Phi) is 6.05. The molecule has 0 fully saturated rings. The zero-order valence-electron chi connectivity index (χ0n) is 13.8. The highest BCUT2D eigenvalue weighted by atomic mass is 16.6. The lowest BCUT2D eigenvalue weighted by molar-refractivity contribution is -0.384. The van der Waals surface area contributed by atoms with Crippen molar-refractivity contribution < 1.29 is 19.3 Å². The van der Waals surface area contributed by atoms with Crippen LogP contribution in [0.1, 0.15) is 11.1 Å². The van der Waals surface area contributed by atoms with Gasteiger partial charge in [0.05, 0.1) is 12.0 Å². The lowest BCUT2D eigenvalue weighted by atomic mass is 10.1. The van der Waals surface area contributed by atoms with Crippen molar-refractivity contribution in [1.29, 1.82) is 0 Å². The number of methoxy groups -OCH3 is 1. The molecule has 8 heteroatoms. The van der Waals surface area contributed by atoms with E-state index in [9.17, 15) is 14.9 Å². The number of non-ortho nitro benzene ring substituents is 1. The van der Waals surface area contributed by atoms with Crippen molar-refractivity contribution in [2.75, 3.05) is 12.4 Å². The molecule has 1 amide bonds. The lowest BCUT2D eigenvalue weighted by Gasteiger charge is -2.08. The molecule has 2 aromatic rings. The van der Waals surface area contributed by atoms with Gasteiger partial charge in [-0.15, -0.1) is 0 Å². The van der Waals surface area contributed by atoms with E-state index in [4.69, 9.17) is 9.57 Å². The number of nitro groups is 1. The molecule has 0 heterocycles. The summed E-state index contributed by atoms with van der Waals surface area (Å²) in [7, 11) is 1.56. The van der Waals surface area contributed by atoms with Gasteiger partial charge in [-0.1, -0.05) is 22.9 Å². The zero-order valence-corrected chi connectivity index (χ0v) is 13.8. The van der Waals surface area contributed by atoms with Gasteiger partial charge in [0.25, 0.3) is 11.6 Å². The van der Waals surface area contributed by atoms with Crippen LogP contribution >= 0.6 is 0 Å². The first-order valence-corrected chi connectivity index (χ1v) is 7.34. The SMILES string of the molecule is COc1ccc(C)cc1CO/N=C\C(=O)Nc1cccc([N+](=O)[O-])c1. The first kappa shape index (κ1) is 17.9. The van der Waals surface area contributed by atoms with Gasteiger partial charge in [0.1, 0.15) is 18.6 Å². The molecule has 2 rings (SSSR count). The van der Waals surface area contributed by atoms with Gasteiger partial charge in [-0.3, -0.25) is 14.9 Å². The number of hydrogen-bond acceptors (Lipinski definition) is 6. The number of aryl methyl sites for hydroxylation is 1. The highest BCUT2D eigenvalue weighted by molar-refractivity contribution is 6.31. The van der Waals surface area contributed by atoms with E-state index >= 15 is 0 Å². The van der Waals surface area contributed by atoms with Crippen LogP contribution in [0.2, 0.25) is 0 Å². The Labute approximate surface area is 144 Å². The molecule has 0 aliphatic heterocycles. The van der Waals surface area contributed by atoms with Gasteiger partial charge in [0, 0.05) is 23.4 Å². The van der Waals surface area contributed by atoms with Crippen LogP contribution in [-0.4, -0.2) is 24.2 Å². The first-order chi connectivity index (χ1) is 12.0. The summed E-state index contributed by atoms with van der Waals surface area (Å²) in [5.74, 6) is 0.110. The Morgan fingerprint density at radius 2 is 2.12 bits per heavy atom. The van der Waals surface area contributed by atoms with E-state index in [1.807, 2.05) is 25.1 Å². The maximum Gasteiger partial charge on any atom is 0.271 e. The van der Waals surface area contributed by atoms with Gasteiger partial charge in [-0.25, -0.2) is 0 Å². The summed E-state index contributed by atoms with van der Waals surface area (Å²) in [5.41, 5.74) is 2.04. The molecular weight excluding hydrogens is 326 g/mol. The van der Waals surface area contributed by atoms with Crippen LogP contribution in [0.15, 0.2) is 47.6 Å². The smallest absolute Gasteiger partial charge is 0.271 e. The van der Waals surface area contributed by atoms with E-state index in [1.165, 1.54) is 24.3 Å². The Balaban J connectivity index is 1.90. The van der Waals surface area contributed by atoms with Crippen LogP contribution in [-0.2, 0) is 16.2 Å². The van der Waals surface area contributed by atoms with Crippen molar-refractivity contribution in [3.05, 3.63) is 63.7 Å². The Morgan fingerprint density at radius 3 is 2.84 bits per heavy atom. The van der Waals surface area contributed by atoms with Crippen molar-refractivity contribution in [2.45, 2.75) is 13.5 Å². The molecule has 25 heavy (non-hydrogen) atoms. The third-order valence-electron chi connectivity index (χ3n) is 3.22. The van der Waals surface area contributed by atoms with Gasteiger partial charge in [-0.05, 0) is 25.1 Å². The molecule has 130 valence electrons. The summed E-state index contributed by atoms with van der Waals surface area (Å²) < 4.78 is 5.22. The summed E-state index contributed by atoms with van der Waals surface area (Å²) in [5, 5.41) is 16.8. The topological polar surface area (TPSA) is 103 Å². The monoisotopic (exact) mass is 343 g/mol. The van der Waals surface area contributed by atoms with Crippen molar-refractivity contribution >= 4 is 23.5 Å². The molecule has 1 N–H and O–H groups in total. The predicted octanol–water partition coefficient (Wildman–Crippen LogP) is 3.05. The lowest BCUT2D eigenvalue weighted by Crippen LogP contribution is -2.13. The second kappa shape index (κ2) is 8.44. The molecule has 0 spiro atoms. The van der Waals surface area contributed by atoms with Crippen LogP contribution in [0.25, 0.3) is 0 Å². The predicted molar refractivity (Wildman–Crippen MR) is 92.7 cm³/mol. The van der Waals surface area contributed by atoms with Gasteiger partial charge in [-0.2, -0.15) is 0 Å². The molecule has 0 aromatic heterocycles. The van der Waals surface area contributed by atoms with E-state index in [1.54, 1.807) is 7.11 Å². The highest BCUT2D eigenvalue weighted by Crippen LogP contribution is 2.20. The number of oxime groups is 1. The fraction of sp³-hybridized carbons (Fsp3) is 0.176. The van der Waals surface area contributed by atoms with E-state index < -0.39 is 10.8 Å². The fourth-order valence-corrected chi connectivity index (χ4v) is 2.08. The molecule has 0 atom stereocenters. The van der Waals surface area contributed by atoms with E-state index in [0.717, 1.165) is 17.3 Å². The standard InChI is InChI=1S/C17H17N3O5/c1-12-6-7-16(24-2)13(8-12)11-25-18-10-17(21)19-14-4-3-5-15(9-14)20(22)23/h3-10H,11H2,1-2H3,(H,19,21)/b18-10-. The number of carbonyl (C=O) groups excluding carboxylic acids is 1. The summed E-state index contributed by atoms with van der Waals surface area (Å²) in [6.07, 6.45) is 0.959. The average Bonchev–Trinajstić information content (AvgIpc) is 2.59. The molecule has 0 aliphatic rings. The normalized spacial score (nSPS) is 10.5. The second-order valence-electron chi connectivity index (χ2n) is 5.12. The van der Waals surface area contributed by atoms with Crippen molar-refractivity contribution in [2.24, 2.45) is 5.16 Å². The van der Waals surface area contributed by atoms with Crippen molar-refractivity contribution in [1.82, 2.24) is 0 Å². The summed E-state index contributed by atoms with van der Waals surface area (Å²) >= 11 is 0. The van der Waals surface area contributed by atoms with E-state index in [-0.39, 0.29) is 12.3 Å². The Morgan fingerprint density at radius 1 is 1.32 bits per heavy atom. The summed E-state index contributed by atoms with van der Waals surface area (Å²) in [6, 6.07) is 11.2. The molecule has 2 aromatic carbocycles. The molecule has 8 nitrogen and oxygen atoms in total. The minimum atomic E-state index is -0.559. The van der Waals surface area contributed by atoms with Gasteiger partial charge < -0.3 is 14.9 Å². The number of ether oxygens (including phenoxy) is 1. The minimum Gasteiger partial charge on any atom is -0.496 e. The molecule has 0 radical (unpaired) electrons. The van der Waals surface area contributed by atoms with Crippen LogP contribution < -0.4 is 10.1 Å². The summed E-state index contributed by atoms with van der Waals surface area (Å²) in [6.45, 7) is 2.09. The number of benzene rings is 2. The molecule has 0 bridgehead atoms. The highest BCUT2D eigenvalue weighted by Gasteiger charge is 2.07. The number of nitrogens with one attached hydrogen (secondary N) is 1. The van der Waals surface area contributed by atoms with Crippen LogP contribution in [0, 0.1) is 17.0 Å². The third-order valence-corrected chi connectivity index (χ3v) is 3.22. The molecular formula is C17H17N3O5. The number of rotatable bonds is 7. The fourth-order valence-electron chi connectivity index (χ4n) is 2.08. The second-order valence-corrected chi connectivity index (χ2v) is 5.12. The molecule has 0 aliphatic carbocycles. The summed E-state index contributed by atoms with van der Waals surface area (Å²) in [4.78, 5) is 27.0. The van der Waals surface area contributed by atoms with Crippen LogP contribution in [0.3, 0.4) is 0 Å². The van der Waals surface area contributed by atoms with Gasteiger partial charge in [0.15, 0.2) is 0 Å². The quantitative estimate of drug-likeness (QED) is 0.473. The third kappa shape index (κ3) is 5.31. The minimum absolute atomic E-state index is 0.113. The van der Waals surface area contributed by atoms with Crippen LogP contribution in [0.4, 0.5) is 11.4 Å². The van der Waals surface area contributed by atoms with Crippen LogP contribution in [0.5, 0.6) is 5.75 Å². The van der Waals surface area contributed by atoms with Crippen molar-refractivity contribution in [3.8, 4) is 5.75 Å². The average molecular weight is 343 g/mol. The van der Waals surface area contributed by atoms with E-state index in [0.29, 0.717) is 11.4 Å².